The van der Waals surface area contributed by atoms with Crippen molar-refractivity contribution in [1.82, 2.24) is 10.2 Å². The van der Waals surface area contributed by atoms with Gasteiger partial charge in [0, 0.05) is 0 Å². The van der Waals surface area contributed by atoms with Crippen LogP contribution in [0.4, 0.5) is 4.79 Å². The van der Waals surface area contributed by atoms with Gasteiger partial charge < -0.3 is 19.9 Å². The first-order chi connectivity index (χ1) is 13.9. The standard InChI is InChI=1S/C21H28N2O6/c1-3-28-18(25)15-7-9-17(10-8-15)29-13-16(24)12-23-19(26)21(22-20(23)27)11-5-4-6-14(21)2/h7-10,14,16,24H,3-6,11-13H2,1-2H3,(H,22,27). The molecule has 3 unspecified atom stereocenters. The van der Waals surface area contributed by atoms with E-state index in [0.29, 0.717) is 24.3 Å². The van der Waals surface area contributed by atoms with Crippen LogP contribution >= 0.6 is 0 Å². The molecule has 3 amide bonds. The van der Waals surface area contributed by atoms with Gasteiger partial charge in [0.25, 0.3) is 5.91 Å². The van der Waals surface area contributed by atoms with Gasteiger partial charge >= 0.3 is 12.0 Å². The van der Waals surface area contributed by atoms with E-state index in [9.17, 15) is 19.5 Å². The third kappa shape index (κ3) is 4.37. The lowest BCUT2D eigenvalue weighted by molar-refractivity contribution is -0.135. The lowest BCUT2D eigenvalue weighted by Crippen LogP contribution is -2.54. The number of hydrogen-bond acceptors (Lipinski definition) is 6. The van der Waals surface area contributed by atoms with E-state index < -0.39 is 23.6 Å². The maximum Gasteiger partial charge on any atom is 0.338 e. The largest absolute Gasteiger partial charge is 0.491 e. The number of benzene rings is 1. The van der Waals surface area contributed by atoms with Crippen LogP contribution in [0.5, 0.6) is 5.75 Å². The van der Waals surface area contributed by atoms with Crippen molar-refractivity contribution in [2.24, 2.45) is 5.92 Å². The molecule has 1 heterocycles. The molecule has 3 atom stereocenters. The summed E-state index contributed by atoms with van der Waals surface area (Å²) in [6, 6.07) is 5.90. The van der Waals surface area contributed by atoms with Crippen molar-refractivity contribution < 1.29 is 29.0 Å². The van der Waals surface area contributed by atoms with Crippen LogP contribution < -0.4 is 10.1 Å². The predicted octanol–water partition coefficient (Wildman–Crippen LogP) is 2.10. The van der Waals surface area contributed by atoms with Gasteiger partial charge in [0.05, 0.1) is 18.7 Å². The number of amides is 3. The Labute approximate surface area is 170 Å². The zero-order chi connectivity index (χ0) is 21.0. The first-order valence-electron chi connectivity index (χ1n) is 10.1. The molecule has 29 heavy (non-hydrogen) atoms. The van der Waals surface area contributed by atoms with Crippen LogP contribution in [0, 0.1) is 5.92 Å². The Hall–Kier alpha value is -2.61. The Morgan fingerprint density at radius 1 is 1.31 bits per heavy atom. The van der Waals surface area contributed by atoms with Gasteiger partial charge in [-0.2, -0.15) is 0 Å². The molecule has 1 spiro atoms. The van der Waals surface area contributed by atoms with Crippen LogP contribution in [0.2, 0.25) is 0 Å². The minimum atomic E-state index is -1.02. The van der Waals surface area contributed by atoms with Crippen molar-refractivity contribution in [3.05, 3.63) is 29.8 Å². The SMILES string of the molecule is CCOC(=O)c1ccc(OCC(O)CN2C(=O)NC3(CCCCC3C)C2=O)cc1. The number of aliphatic hydroxyl groups excluding tert-OH is 1. The Balaban J connectivity index is 1.54. The van der Waals surface area contributed by atoms with Gasteiger partial charge in [0.1, 0.15) is 24.0 Å². The normalized spacial score (nSPS) is 25.1. The van der Waals surface area contributed by atoms with E-state index in [1.807, 2.05) is 6.92 Å². The summed E-state index contributed by atoms with van der Waals surface area (Å²) in [5.41, 5.74) is -0.426. The third-order valence-electron chi connectivity index (χ3n) is 5.70. The molecule has 158 valence electrons. The number of imide groups is 1. The van der Waals surface area contributed by atoms with Crippen LogP contribution in [0.25, 0.3) is 0 Å². The second-order valence-corrected chi connectivity index (χ2v) is 7.67. The molecule has 1 saturated carbocycles. The summed E-state index contributed by atoms with van der Waals surface area (Å²) in [5, 5.41) is 13.2. The molecular formula is C21H28N2O6. The van der Waals surface area contributed by atoms with Crippen LogP contribution in [0.15, 0.2) is 24.3 Å². The molecule has 0 radical (unpaired) electrons. The van der Waals surface area contributed by atoms with Crippen molar-refractivity contribution in [1.29, 1.82) is 0 Å². The number of nitrogens with one attached hydrogen (secondary N) is 1. The van der Waals surface area contributed by atoms with Crippen molar-refractivity contribution in [2.75, 3.05) is 19.8 Å². The molecule has 1 aliphatic carbocycles. The van der Waals surface area contributed by atoms with E-state index in [1.54, 1.807) is 31.2 Å². The average Bonchev–Trinajstić information content (AvgIpc) is 2.94. The summed E-state index contributed by atoms with van der Waals surface area (Å²) >= 11 is 0. The molecule has 1 aliphatic heterocycles. The monoisotopic (exact) mass is 404 g/mol. The second kappa shape index (κ2) is 8.82. The molecule has 0 bridgehead atoms. The highest BCUT2D eigenvalue weighted by Gasteiger charge is 2.55. The molecule has 2 fully saturated rings. The second-order valence-electron chi connectivity index (χ2n) is 7.67. The van der Waals surface area contributed by atoms with Gasteiger partial charge in [-0.1, -0.05) is 19.8 Å². The number of β-amino-alcohol motifs (C(OH)–C–C–N with tert-alkyl or cyclic N) is 1. The fourth-order valence-electron chi connectivity index (χ4n) is 4.02. The maximum absolute atomic E-state index is 12.9. The lowest BCUT2D eigenvalue weighted by Gasteiger charge is -2.36. The molecule has 2 aliphatic rings. The third-order valence-corrected chi connectivity index (χ3v) is 5.70. The summed E-state index contributed by atoms with van der Waals surface area (Å²) < 4.78 is 10.5. The molecule has 1 saturated heterocycles. The van der Waals surface area contributed by atoms with Crippen LogP contribution in [0.3, 0.4) is 0 Å². The zero-order valence-corrected chi connectivity index (χ0v) is 16.8. The fourth-order valence-corrected chi connectivity index (χ4v) is 4.02. The molecule has 8 nitrogen and oxygen atoms in total. The van der Waals surface area contributed by atoms with Gasteiger partial charge in [-0.15, -0.1) is 0 Å². The minimum Gasteiger partial charge on any atom is -0.491 e. The average molecular weight is 404 g/mol. The van der Waals surface area contributed by atoms with Crippen molar-refractivity contribution >= 4 is 17.9 Å². The smallest absolute Gasteiger partial charge is 0.338 e. The quantitative estimate of drug-likeness (QED) is 0.533. The summed E-state index contributed by atoms with van der Waals surface area (Å²) in [6.07, 6.45) is 2.46. The number of esters is 1. The van der Waals surface area contributed by atoms with E-state index in [2.05, 4.69) is 5.32 Å². The molecule has 1 aromatic rings. The van der Waals surface area contributed by atoms with Crippen molar-refractivity contribution in [2.45, 2.75) is 51.2 Å². The number of nitrogens with zero attached hydrogens (tertiary/aromatic N) is 1. The highest BCUT2D eigenvalue weighted by atomic mass is 16.5. The van der Waals surface area contributed by atoms with E-state index >= 15 is 0 Å². The van der Waals surface area contributed by atoms with Gasteiger partial charge in [-0.25, -0.2) is 9.59 Å². The Morgan fingerprint density at radius 3 is 2.69 bits per heavy atom. The van der Waals surface area contributed by atoms with E-state index in [4.69, 9.17) is 9.47 Å². The number of carbonyl (C=O) groups is 3. The summed E-state index contributed by atoms with van der Waals surface area (Å²) in [4.78, 5) is 38.0. The number of aliphatic hydroxyl groups is 1. The van der Waals surface area contributed by atoms with Crippen LogP contribution in [-0.2, 0) is 9.53 Å². The highest BCUT2D eigenvalue weighted by molar-refractivity contribution is 6.07. The first-order valence-corrected chi connectivity index (χ1v) is 10.1. The van der Waals surface area contributed by atoms with Gasteiger partial charge in [-0.05, 0) is 49.9 Å². The van der Waals surface area contributed by atoms with Crippen molar-refractivity contribution in [3.8, 4) is 5.75 Å². The molecule has 2 N–H and O–H groups in total. The number of hydrogen-bond donors (Lipinski definition) is 2. The number of rotatable bonds is 7. The molecule has 0 aromatic heterocycles. The van der Waals surface area contributed by atoms with Crippen molar-refractivity contribution in [3.63, 3.8) is 0 Å². The van der Waals surface area contributed by atoms with Crippen LogP contribution in [-0.4, -0.2) is 59.3 Å². The summed E-state index contributed by atoms with van der Waals surface area (Å²) in [5.74, 6) is -0.133. The topological polar surface area (TPSA) is 105 Å². The number of urea groups is 1. The molecule has 1 aromatic carbocycles. The van der Waals surface area contributed by atoms with E-state index in [0.717, 1.165) is 24.2 Å². The van der Waals surface area contributed by atoms with E-state index in [-0.39, 0.29) is 25.0 Å². The summed E-state index contributed by atoms with van der Waals surface area (Å²) in [6.45, 7) is 3.81. The Bertz CT molecular complexity index is 765. The van der Waals surface area contributed by atoms with Gasteiger partial charge in [0.15, 0.2) is 0 Å². The number of ether oxygens (including phenoxy) is 2. The first kappa shape index (κ1) is 21.1. The minimum absolute atomic E-state index is 0.0732. The highest BCUT2D eigenvalue weighted by Crippen LogP contribution is 2.38. The molecule has 8 heteroatoms. The lowest BCUT2D eigenvalue weighted by atomic mass is 9.73. The van der Waals surface area contributed by atoms with E-state index in [1.165, 1.54) is 0 Å². The van der Waals surface area contributed by atoms with Gasteiger partial charge in [-0.3, -0.25) is 9.69 Å². The van der Waals surface area contributed by atoms with Gasteiger partial charge in [0.2, 0.25) is 0 Å². The Kier molecular flexibility index (Phi) is 6.42. The molecule has 3 rings (SSSR count). The van der Waals surface area contributed by atoms with Crippen LogP contribution in [0.1, 0.15) is 49.9 Å². The Morgan fingerprint density at radius 2 is 2.03 bits per heavy atom. The molecular weight excluding hydrogens is 376 g/mol. The summed E-state index contributed by atoms with van der Waals surface area (Å²) in [7, 11) is 0. The predicted molar refractivity (Wildman–Crippen MR) is 105 cm³/mol. The zero-order valence-electron chi connectivity index (χ0n) is 16.8. The fraction of sp³-hybridized carbons (Fsp3) is 0.571. The number of carbonyl (C=O) groups excluding carboxylic acids is 3. The maximum atomic E-state index is 12.9.